The highest BCUT2D eigenvalue weighted by atomic mass is 16.5. The van der Waals surface area contributed by atoms with Gasteiger partial charge in [0.1, 0.15) is 0 Å². The number of benzene rings is 2. The molecule has 5 heteroatoms. The molecule has 0 radical (unpaired) electrons. The first kappa shape index (κ1) is 14.4. The third-order valence-corrected chi connectivity index (χ3v) is 3.76. The molecule has 3 aromatic rings. The zero-order chi connectivity index (χ0) is 15.5. The molecule has 22 heavy (non-hydrogen) atoms. The third kappa shape index (κ3) is 2.63. The van der Waals surface area contributed by atoms with Crippen molar-refractivity contribution in [1.82, 2.24) is 9.55 Å². The van der Waals surface area contributed by atoms with E-state index < -0.39 is 0 Å². The zero-order valence-corrected chi connectivity index (χ0v) is 12.7. The summed E-state index contributed by atoms with van der Waals surface area (Å²) in [7, 11) is 3.24. The van der Waals surface area contributed by atoms with Gasteiger partial charge in [0.05, 0.1) is 31.6 Å². The van der Waals surface area contributed by atoms with Crippen molar-refractivity contribution >= 4 is 11.0 Å². The van der Waals surface area contributed by atoms with Crippen LogP contribution in [0.5, 0.6) is 11.5 Å². The van der Waals surface area contributed by atoms with E-state index in [0.29, 0.717) is 18.0 Å². The Morgan fingerprint density at radius 2 is 1.86 bits per heavy atom. The zero-order valence-electron chi connectivity index (χ0n) is 12.7. The Labute approximate surface area is 129 Å². The molecular formula is C17H19N3O2. The van der Waals surface area contributed by atoms with E-state index in [2.05, 4.69) is 9.55 Å². The number of para-hydroxylation sites is 2. The van der Waals surface area contributed by atoms with Gasteiger partial charge in [-0.1, -0.05) is 18.2 Å². The summed E-state index contributed by atoms with van der Waals surface area (Å²) in [5.74, 6) is 1.39. The minimum Gasteiger partial charge on any atom is -0.493 e. The van der Waals surface area contributed by atoms with E-state index in [-0.39, 0.29) is 6.04 Å². The van der Waals surface area contributed by atoms with Crippen molar-refractivity contribution < 1.29 is 9.47 Å². The maximum absolute atomic E-state index is 6.35. The van der Waals surface area contributed by atoms with Gasteiger partial charge in [0.2, 0.25) is 0 Å². The summed E-state index contributed by atoms with van der Waals surface area (Å²) in [5.41, 5.74) is 9.40. The lowest BCUT2D eigenvalue weighted by molar-refractivity contribution is 0.354. The average molecular weight is 297 g/mol. The molecule has 5 nitrogen and oxygen atoms in total. The van der Waals surface area contributed by atoms with Crippen molar-refractivity contribution in [2.75, 3.05) is 14.2 Å². The Balaban J connectivity index is 1.86. The summed E-state index contributed by atoms with van der Waals surface area (Å²) >= 11 is 0. The maximum Gasteiger partial charge on any atom is 0.161 e. The fourth-order valence-electron chi connectivity index (χ4n) is 2.56. The van der Waals surface area contributed by atoms with E-state index in [1.165, 1.54) is 0 Å². The van der Waals surface area contributed by atoms with Crippen LogP contribution in [0, 0.1) is 0 Å². The van der Waals surface area contributed by atoms with Gasteiger partial charge in [0.15, 0.2) is 11.5 Å². The van der Waals surface area contributed by atoms with Gasteiger partial charge >= 0.3 is 0 Å². The van der Waals surface area contributed by atoms with Crippen LogP contribution in [0.25, 0.3) is 11.0 Å². The van der Waals surface area contributed by atoms with Crippen LogP contribution >= 0.6 is 0 Å². The average Bonchev–Trinajstić information content (AvgIpc) is 2.97. The first-order valence-corrected chi connectivity index (χ1v) is 7.10. The highest BCUT2D eigenvalue weighted by molar-refractivity contribution is 5.74. The van der Waals surface area contributed by atoms with E-state index in [4.69, 9.17) is 15.2 Å². The smallest absolute Gasteiger partial charge is 0.161 e. The fraction of sp³-hybridized carbons (Fsp3) is 0.235. The fourth-order valence-corrected chi connectivity index (χ4v) is 2.56. The van der Waals surface area contributed by atoms with Crippen LogP contribution in [0.2, 0.25) is 0 Å². The van der Waals surface area contributed by atoms with Crippen molar-refractivity contribution in [3.63, 3.8) is 0 Å². The van der Waals surface area contributed by atoms with Gasteiger partial charge in [-0.3, -0.25) is 0 Å². The van der Waals surface area contributed by atoms with Crippen LogP contribution in [0.4, 0.5) is 0 Å². The Morgan fingerprint density at radius 1 is 1.09 bits per heavy atom. The van der Waals surface area contributed by atoms with Crippen molar-refractivity contribution in [3.05, 3.63) is 54.4 Å². The minimum atomic E-state index is -0.155. The number of hydrogen-bond donors (Lipinski definition) is 1. The van der Waals surface area contributed by atoms with Gasteiger partial charge < -0.3 is 19.8 Å². The van der Waals surface area contributed by atoms with E-state index in [9.17, 15) is 0 Å². The lowest BCUT2D eigenvalue weighted by Crippen LogP contribution is -2.17. The Morgan fingerprint density at radius 3 is 2.64 bits per heavy atom. The summed E-state index contributed by atoms with van der Waals surface area (Å²) in [6.07, 6.45) is 1.82. The molecule has 0 aliphatic rings. The highest BCUT2D eigenvalue weighted by Gasteiger charge is 2.12. The second-order valence-electron chi connectivity index (χ2n) is 5.11. The lowest BCUT2D eigenvalue weighted by Gasteiger charge is -2.16. The molecule has 0 aliphatic carbocycles. The van der Waals surface area contributed by atoms with Crippen LogP contribution in [0.1, 0.15) is 11.6 Å². The van der Waals surface area contributed by atoms with Gasteiger partial charge in [-0.25, -0.2) is 4.98 Å². The van der Waals surface area contributed by atoms with E-state index in [1.807, 2.05) is 48.8 Å². The van der Waals surface area contributed by atoms with Gasteiger partial charge in [0, 0.05) is 12.6 Å². The molecule has 0 saturated carbocycles. The van der Waals surface area contributed by atoms with Crippen molar-refractivity contribution in [1.29, 1.82) is 0 Å². The third-order valence-electron chi connectivity index (χ3n) is 3.76. The molecule has 3 rings (SSSR count). The Hall–Kier alpha value is -2.53. The normalized spacial score (nSPS) is 12.3. The van der Waals surface area contributed by atoms with Gasteiger partial charge in [-0.2, -0.15) is 0 Å². The number of fused-ring (bicyclic) bond motifs is 1. The summed E-state index contributed by atoms with van der Waals surface area (Å²) in [5, 5.41) is 0. The van der Waals surface area contributed by atoms with Crippen molar-refractivity contribution in [2.45, 2.75) is 12.6 Å². The van der Waals surface area contributed by atoms with Crippen LogP contribution in [0.15, 0.2) is 48.8 Å². The summed E-state index contributed by atoms with van der Waals surface area (Å²) in [4.78, 5) is 4.39. The predicted octanol–water partition coefficient (Wildman–Crippen LogP) is 2.75. The number of imidazole rings is 1. The van der Waals surface area contributed by atoms with E-state index >= 15 is 0 Å². The molecule has 2 N–H and O–H groups in total. The van der Waals surface area contributed by atoms with Crippen molar-refractivity contribution in [3.8, 4) is 11.5 Å². The van der Waals surface area contributed by atoms with Crippen LogP contribution in [-0.4, -0.2) is 23.8 Å². The molecule has 1 aromatic heterocycles. The van der Waals surface area contributed by atoms with Crippen molar-refractivity contribution in [2.24, 2.45) is 5.73 Å². The quantitative estimate of drug-likeness (QED) is 0.786. The summed E-state index contributed by atoms with van der Waals surface area (Å²) in [6, 6.07) is 13.6. The van der Waals surface area contributed by atoms with Crippen LogP contribution in [-0.2, 0) is 6.54 Å². The van der Waals surface area contributed by atoms with Gasteiger partial charge in [-0.15, -0.1) is 0 Å². The topological polar surface area (TPSA) is 62.3 Å². The molecule has 2 aromatic carbocycles. The molecule has 0 bridgehead atoms. The van der Waals surface area contributed by atoms with Crippen LogP contribution in [0.3, 0.4) is 0 Å². The number of nitrogens with two attached hydrogens (primary N) is 1. The number of methoxy groups -OCH3 is 2. The molecule has 0 fully saturated rings. The summed E-state index contributed by atoms with van der Waals surface area (Å²) in [6.45, 7) is 0.649. The van der Waals surface area contributed by atoms with Gasteiger partial charge in [0.25, 0.3) is 0 Å². The maximum atomic E-state index is 6.35. The second kappa shape index (κ2) is 6.07. The molecule has 1 atom stereocenters. The molecule has 0 spiro atoms. The molecule has 0 amide bonds. The molecule has 114 valence electrons. The summed E-state index contributed by atoms with van der Waals surface area (Å²) < 4.78 is 12.7. The monoisotopic (exact) mass is 297 g/mol. The van der Waals surface area contributed by atoms with Crippen LogP contribution < -0.4 is 15.2 Å². The van der Waals surface area contributed by atoms with Gasteiger partial charge in [-0.05, 0) is 29.8 Å². The molecule has 0 aliphatic heterocycles. The lowest BCUT2D eigenvalue weighted by atomic mass is 10.1. The first-order valence-electron chi connectivity index (χ1n) is 7.10. The number of rotatable bonds is 5. The Bertz CT molecular complexity index is 782. The van der Waals surface area contributed by atoms with E-state index in [0.717, 1.165) is 16.6 Å². The number of hydrogen-bond acceptors (Lipinski definition) is 4. The van der Waals surface area contributed by atoms with E-state index in [1.54, 1.807) is 14.2 Å². The SMILES string of the molecule is COc1ccc(C(N)Cn2cnc3ccccc32)cc1OC. The molecular weight excluding hydrogens is 278 g/mol. The predicted molar refractivity (Wildman–Crippen MR) is 86.2 cm³/mol. The standard InChI is InChI=1S/C17H19N3O2/c1-21-16-8-7-12(9-17(16)22-2)13(18)10-20-11-19-14-5-3-4-6-15(14)20/h3-9,11,13H,10,18H2,1-2H3. The highest BCUT2D eigenvalue weighted by Crippen LogP contribution is 2.30. The number of ether oxygens (including phenoxy) is 2. The Kier molecular flexibility index (Phi) is 3.98. The molecule has 0 saturated heterocycles. The first-order chi connectivity index (χ1) is 10.7. The number of aromatic nitrogens is 2. The molecule has 1 heterocycles. The second-order valence-corrected chi connectivity index (χ2v) is 5.11. The minimum absolute atomic E-state index is 0.155. The molecule has 1 unspecified atom stereocenters. The largest absolute Gasteiger partial charge is 0.493 e. The number of nitrogens with zero attached hydrogens (tertiary/aromatic N) is 2.